The van der Waals surface area contributed by atoms with Gasteiger partial charge in [0.1, 0.15) is 6.54 Å². The number of rotatable bonds is 5. The van der Waals surface area contributed by atoms with Gasteiger partial charge in [0.25, 0.3) is 0 Å². The van der Waals surface area contributed by atoms with Gasteiger partial charge < -0.3 is 10.3 Å². The number of benzene rings is 2. The Balaban J connectivity index is 2.15. The molecule has 0 atom stereocenters. The summed E-state index contributed by atoms with van der Waals surface area (Å²) >= 11 is 0. The van der Waals surface area contributed by atoms with Gasteiger partial charge in [0.15, 0.2) is 9.84 Å². The smallest absolute Gasteiger partial charge is 0.237 e. The van der Waals surface area contributed by atoms with Crippen molar-refractivity contribution < 1.29 is 13.2 Å². The summed E-state index contributed by atoms with van der Waals surface area (Å²) in [6, 6.07) is 16.1. The largest absolute Gasteiger partial charge is 0.368 e. The maximum atomic E-state index is 11.7. The monoisotopic (exact) mass is 355 g/mol. The van der Waals surface area contributed by atoms with Crippen LogP contribution in [-0.4, -0.2) is 30.1 Å². The molecular formula is C18H17N3O3S. The average Bonchev–Trinajstić information content (AvgIpc) is 2.98. The molecule has 0 radical (unpaired) electrons. The minimum absolute atomic E-state index is 0.0109. The molecule has 7 heteroatoms. The highest BCUT2D eigenvalue weighted by Gasteiger charge is 2.17. The van der Waals surface area contributed by atoms with E-state index >= 15 is 0 Å². The van der Waals surface area contributed by atoms with Crippen molar-refractivity contribution in [2.24, 2.45) is 5.73 Å². The van der Waals surface area contributed by atoms with E-state index in [0.717, 1.165) is 17.4 Å². The number of carbonyl (C=O) groups is 1. The molecule has 6 nitrogen and oxygen atoms in total. The molecule has 0 aliphatic carbocycles. The van der Waals surface area contributed by atoms with Crippen molar-refractivity contribution in [2.45, 2.75) is 11.4 Å². The third-order valence-corrected chi connectivity index (χ3v) is 4.90. The summed E-state index contributed by atoms with van der Waals surface area (Å²) in [4.78, 5) is 16.0. The highest BCUT2D eigenvalue weighted by Crippen LogP contribution is 2.31. The molecule has 0 bridgehead atoms. The Hall–Kier alpha value is -2.93. The molecule has 0 saturated carbocycles. The van der Waals surface area contributed by atoms with Gasteiger partial charge in [0.05, 0.1) is 22.6 Å². The first-order valence-corrected chi connectivity index (χ1v) is 9.45. The SMILES string of the molecule is CS(=O)(=O)c1ccc(-c2c(-c3ccccc3)ncn2CC(N)=O)cc1. The Labute approximate surface area is 145 Å². The molecule has 3 rings (SSSR count). The van der Waals surface area contributed by atoms with Gasteiger partial charge in [-0.1, -0.05) is 42.5 Å². The van der Waals surface area contributed by atoms with E-state index in [1.54, 1.807) is 35.2 Å². The highest BCUT2D eigenvalue weighted by atomic mass is 32.2. The number of hydrogen-bond donors (Lipinski definition) is 1. The molecule has 25 heavy (non-hydrogen) atoms. The van der Waals surface area contributed by atoms with Crippen LogP contribution >= 0.6 is 0 Å². The number of carbonyl (C=O) groups excluding carboxylic acids is 1. The Kier molecular flexibility index (Phi) is 4.41. The Morgan fingerprint density at radius 3 is 2.24 bits per heavy atom. The predicted octanol–water partition coefficient (Wildman–Crippen LogP) is 2.11. The average molecular weight is 355 g/mol. The second kappa shape index (κ2) is 6.52. The van der Waals surface area contributed by atoms with Crippen LogP contribution in [0.1, 0.15) is 0 Å². The summed E-state index contributed by atoms with van der Waals surface area (Å²) in [6.45, 7) is -0.0109. The first-order valence-electron chi connectivity index (χ1n) is 7.55. The lowest BCUT2D eigenvalue weighted by atomic mass is 10.0. The number of nitrogens with zero attached hydrogens (tertiary/aromatic N) is 2. The van der Waals surface area contributed by atoms with Gasteiger partial charge in [-0.05, 0) is 12.1 Å². The van der Waals surface area contributed by atoms with Crippen LogP contribution in [0.5, 0.6) is 0 Å². The van der Waals surface area contributed by atoms with Crippen molar-refractivity contribution in [1.82, 2.24) is 9.55 Å². The summed E-state index contributed by atoms with van der Waals surface area (Å²) < 4.78 is 25.0. The summed E-state index contributed by atoms with van der Waals surface area (Å²) in [5, 5.41) is 0. The number of nitrogens with two attached hydrogens (primary N) is 1. The lowest BCUT2D eigenvalue weighted by Gasteiger charge is -2.10. The van der Waals surface area contributed by atoms with Crippen molar-refractivity contribution >= 4 is 15.7 Å². The molecule has 0 aliphatic heterocycles. The fraction of sp³-hybridized carbons (Fsp3) is 0.111. The zero-order valence-corrected chi connectivity index (χ0v) is 14.4. The molecular weight excluding hydrogens is 338 g/mol. The molecule has 1 aromatic heterocycles. The second-order valence-corrected chi connectivity index (χ2v) is 7.71. The number of primary amides is 1. The quantitative estimate of drug-likeness (QED) is 0.758. The minimum atomic E-state index is -3.28. The van der Waals surface area contributed by atoms with Crippen LogP contribution in [0.2, 0.25) is 0 Å². The van der Waals surface area contributed by atoms with E-state index in [1.165, 1.54) is 0 Å². The van der Waals surface area contributed by atoms with Gasteiger partial charge in [0.2, 0.25) is 5.91 Å². The summed E-state index contributed by atoms with van der Waals surface area (Å²) in [7, 11) is -3.28. The van der Waals surface area contributed by atoms with Gasteiger partial charge in [-0.2, -0.15) is 0 Å². The lowest BCUT2D eigenvalue weighted by Crippen LogP contribution is -2.18. The van der Waals surface area contributed by atoms with Crippen LogP contribution in [-0.2, 0) is 21.2 Å². The standard InChI is InChI=1S/C18H17N3O3S/c1-25(23,24)15-9-7-14(8-10-15)18-17(13-5-3-2-4-6-13)20-12-21(18)11-16(19)22/h2-10,12H,11H2,1H3,(H2,19,22). The molecule has 3 aromatic rings. The van der Waals surface area contributed by atoms with Crippen LogP contribution in [0.4, 0.5) is 0 Å². The molecule has 1 heterocycles. The molecule has 2 aromatic carbocycles. The van der Waals surface area contributed by atoms with E-state index in [9.17, 15) is 13.2 Å². The van der Waals surface area contributed by atoms with Gasteiger partial charge >= 0.3 is 0 Å². The summed E-state index contributed by atoms with van der Waals surface area (Å²) in [5.41, 5.74) is 8.40. The van der Waals surface area contributed by atoms with Crippen LogP contribution in [0, 0.1) is 0 Å². The fourth-order valence-electron chi connectivity index (χ4n) is 2.64. The number of aromatic nitrogens is 2. The normalized spacial score (nSPS) is 11.4. The Bertz CT molecular complexity index is 1010. The fourth-order valence-corrected chi connectivity index (χ4v) is 3.27. The van der Waals surface area contributed by atoms with Crippen LogP contribution in [0.15, 0.2) is 65.8 Å². The highest BCUT2D eigenvalue weighted by molar-refractivity contribution is 7.90. The van der Waals surface area contributed by atoms with E-state index < -0.39 is 15.7 Å². The van der Waals surface area contributed by atoms with Crippen LogP contribution in [0.25, 0.3) is 22.5 Å². The molecule has 0 spiro atoms. The maximum Gasteiger partial charge on any atom is 0.237 e. The number of amides is 1. The number of hydrogen-bond acceptors (Lipinski definition) is 4. The summed E-state index contributed by atoms with van der Waals surface area (Å²) in [6.07, 6.45) is 2.72. The third-order valence-electron chi connectivity index (χ3n) is 3.77. The molecule has 0 saturated heterocycles. The lowest BCUT2D eigenvalue weighted by molar-refractivity contribution is -0.118. The van der Waals surface area contributed by atoms with Gasteiger partial charge in [-0.3, -0.25) is 4.79 Å². The molecule has 0 aliphatic rings. The molecule has 1 amide bonds. The van der Waals surface area contributed by atoms with E-state index in [1.807, 2.05) is 30.3 Å². The van der Waals surface area contributed by atoms with Gasteiger partial charge in [-0.25, -0.2) is 13.4 Å². The molecule has 128 valence electrons. The molecule has 0 fully saturated rings. The number of imidazole rings is 1. The first kappa shape index (κ1) is 16.9. The zero-order valence-electron chi connectivity index (χ0n) is 13.6. The zero-order chi connectivity index (χ0) is 18.0. The van der Waals surface area contributed by atoms with Crippen LogP contribution < -0.4 is 5.73 Å². The van der Waals surface area contributed by atoms with E-state index in [2.05, 4.69) is 4.98 Å². The minimum Gasteiger partial charge on any atom is -0.368 e. The number of sulfone groups is 1. The van der Waals surface area contributed by atoms with Gasteiger partial charge in [-0.15, -0.1) is 0 Å². The topological polar surface area (TPSA) is 95.1 Å². The Morgan fingerprint density at radius 1 is 1.04 bits per heavy atom. The van der Waals surface area contributed by atoms with Crippen molar-refractivity contribution in [3.05, 3.63) is 60.9 Å². The molecule has 0 unspecified atom stereocenters. The van der Waals surface area contributed by atoms with Crippen molar-refractivity contribution in [2.75, 3.05) is 6.26 Å². The summed E-state index contributed by atoms with van der Waals surface area (Å²) in [5.74, 6) is -0.481. The van der Waals surface area contributed by atoms with Gasteiger partial charge in [0, 0.05) is 17.4 Å². The Morgan fingerprint density at radius 2 is 1.68 bits per heavy atom. The van der Waals surface area contributed by atoms with Crippen molar-refractivity contribution in [3.8, 4) is 22.5 Å². The van der Waals surface area contributed by atoms with Crippen LogP contribution in [0.3, 0.4) is 0 Å². The third kappa shape index (κ3) is 3.61. The van der Waals surface area contributed by atoms with Crippen molar-refractivity contribution in [1.29, 1.82) is 0 Å². The first-order chi connectivity index (χ1) is 11.9. The maximum absolute atomic E-state index is 11.7. The van der Waals surface area contributed by atoms with E-state index in [4.69, 9.17) is 5.73 Å². The van der Waals surface area contributed by atoms with E-state index in [-0.39, 0.29) is 11.4 Å². The van der Waals surface area contributed by atoms with Crippen molar-refractivity contribution in [3.63, 3.8) is 0 Å². The predicted molar refractivity (Wildman–Crippen MR) is 95.4 cm³/mol. The molecule has 2 N–H and O–H groups in total. The second-order valence-electron chi connectivity index (χ2n) is 5.70. The van der Waals surface area contributed by atoms with E-state index in [0.29, 0.717) is 11.4 Å².